The molecule has 0 heterocycles. The van der Waals surface area contributed by atoms with E-state index in [2.05, 4.69) is 49.5 Å². The Morgan fingerprint density at radius 2 is 1.68 bits per heavy atom. The second-order valence-electron chi connectivity index (χ2n) is 10.3. The number of carboxylic acid groups (broad SMARTS) is 1. The van der Waals surface area contributed by atoms with Gasteiger partial charge in [0.2, 0.25) is 0 Å². The number of halogens is 1. The van der Waals surface area contributed by atoms with Crippen LogP contribution in [0.2, 0.25) is 0 Å². The second-order valence-corrected chi connectivity index (χ2v) is 10.3. The Kier molecular flexibility index (Phi) is 8.57. The molecule has 0 saturated heterocycles. The highest BCUT2D eigenvalue weighted by molar-refractivity contribution is 5.89. The van der Waals surface area contributed by atoms with Gasteiger partial charge in [0.15, 0.2) is 0 Å². The molecule has 5 nitrogen and oxygen atoms in total. The molecule has 0 bridgehead atoms. The number of hydrogen-bond acceptors (Lipinski definition) is 4. The highest BCUT2D eigenvalue weighted by atomic mass is 19.1. The summed E-state index contributed by atoms with van der Waals surface area (Å²) in [5.41, 5.74) is 2.77. The lowest BCUT2D eigenvalue weighted by Crippen LogP contribution is -2.46. The van der Waals surface area contributed by atoms with Crippen molar-refractivity contribution < 1.29 is 24.1 Å². The standard InChI is InChI=1S/C32H34FNO4/c1-21(27-10-6-7-11-28(27)25-14-15-29(31(36)37)30(33)17-25)38-20-26(35)19-34-32(2,3)18-22-12-13-23-8-4-5-9-24(23)16-22/h4-17,21,26,34-35H,18-20H2,1-3H3,(H,36,37)/t21-,26-/m1/s1. The molecule has 0 unspecified atom stereocenters. The van der Waals surface area contributed by atoms with Gasteiger partial charge >= 0.3 is 5.97 Å². The van der Waals surface area contributed by atoms with E-state index in [1.54, 1.807) is 6.07 Å². The quantitative estimate of drug-likeness (QED) is 0.216. The molecule has 0 aromatic heterocycles. The molecule has 4 aromatic carbocycles. The van der Waals surface area contributed by atoms with Crippen LogP contribution in [0.15, 0.2) is 84.9 Å². The number of carboxylic acids is 1. The highest BCUT2D eigenvalue weighted by Crippen LogP contribution is 2.31. The van der Waals surface area contributed by atoms with Crippen LogP contribution in [0.1, 0.15) is 48.4 Å². The van der Waals surface area contributed by atoms with Crippen molar-refractivity contribution in [3.05, 3.63) is 107 Å². The van der Waals surface area contributed by atoms with E-state index >= 15 is 0 Å². The van der Waals surface area contributed by atoms with E-state index in [-0.39, 0.29) is 23.8 Å². The molecule has 0 spiro atoms. The van der Waals surface area contributed by atoms with Crippen LogP contribution in [0.5, 0.6) is 0 Å². The minimum absolute atomic E-state index is 0.126. The van der Waals surface area contributed by atoms with Gasteiger partial charge in [0.25, 0.3) is 0 Å². The van der Waals surface area contributed by atoms with Crippen molar-refractivity contribution in [3.8, 4) is 11.1 Å². The van der Waals surface area contributed by atoms with E-state index in [0.29, 0.717) is 12.1 Å². The van der Waals surface area contributed by atoms with Crippen LogP contribution >= 0.6 is 0 Å². The minimum Gasteiger partial charge on any atom is -0.478 e. The number of carbonyl (C=O) groups is 1. The van der Waals surface area contributed by atoms with Gasteiger partial charge in [-0.15, -0.1) is 0 Å². The number of hydrogen-bond donors (Lipinski definition) is 3. The number of fused-ring (bicyclic) bond motifs is 1. The van der Waals surface area contributed by atoms with Crippen LogP contribution in [0, 0.1) is 5.82 Å². The number of nitrogens with one attached hydrogen (secondary N) is 1. The average molecular weight is 516 g/mol. The summed E-state index contributed by atoms with van der Waals surface area (Å²) in [6, 6.07) is 26.3. The van der Waals surface area contributed by atoms with Crippen LogP contribution < -0.4 is 5.32 Å². The van der Waals surface area contributed by atoms with Crippen molar-refractivity contribution in [1.82, 2.24) is 5.32 Å². The Morgan fingerprint density at radius 1 is 0.974 bits per heavy atom. The average Bonchev–Trinajstić information content (AvgIpc) is 2.90. The summed E-state index contributed by atoms with van der Waals surface area (Å²) in [6.45, 7) is 6.61. The first-order valence-electron chi connectivity index (χ1n) is 12.8. The van der Waals surface area contributed by atoms with Crippen LogP contribution in [-0.2, 0) is 11.2 Å². The third kappa shape index (κ3) is 6.84. The Morgan fingerprint density at radius 3 is 2.42 bits per heavy atom. The number of ether oxygens (including phenoxy) is 1. The van der Waals surface area contributed by atoms with E-state index in [4.69, 9.17) is 9.84 Å². The molecule has 198 valence electrons. The molecule has 4 aromatic rings. The van der Waals surface area contributed by atoms with Crippen molar-refractivity contribution in [1.29, 1.82) is 0 Å². The number of benzene rings is 4. The molecule has 0 aliphatic heterocycles. The Balaban J connectivity index is 1.34. The zero-order chi connectivity index (χ0) is 27.3. The normalized spacial score (nSPS) is 13.4. The van der Waals surface area contributed by atoms with E-state index in [9.17, 15) is 14.3 Å². The number of aliphatic hydroxyl groups is 1. The summed E-state index contributed by atoms with van der Waals surface area (Å²) in [5, 5.41) is 25.6. The highest BCUT2D eigenvalue weighted by Gasteiger charge is 2.21. The van der Waals surface area contributed by atoms with Crippen molar-refractivity contribution in [2.75, 3.05) is 13.2 Å². The summed E-state index contributed by atoms with van der Waals surface area (Å²) in [4.78, 5) is 11.2. The van der Waals surface area contributed by atoms with Crippen molar-refractivity contribution in [2.24, 2.45) is 0 Å². The molecule has 0 radical (unpaired) electrons. The topological polar surface area (TPSA) is 78.8 Å². The molecule has 0 amide bonds. The summed E-state index contributed by atoms with van der Waals surface area (Å²) in [6.07, 6.45) is -0.270. The Hall–Kier alpha value is -3.58. The van der Waals surface area contributed by atoms with Crippen molar-refractivity contribution in [2.45, 2.75) is 44.9 Å². The molecule has 3 N–H and O–H groups in total. The SMILES string of the molecule is C[C@@H](OC[C@H](O)CNC(C)(C)Cc1ccc2ccccc2c1)c1ccccc1-c1ccc(C(=O)O)c(F)c1. The molecule has 0 fully saturated rings. The summed E-state index contributed by atoms with van der Waals surface area (Å²) in [7, 11) is 0. The van der Waals surface area contributed by atoms with Crippen LogP contribution in [-0.4, -0.2) is 41.0 Å². The molecule has 0 saturated carbocycles. The number of aliphatic hydroxyl groups excluding tert-OH is 1. The predicted molar refractivity (Wildman–Crippen MR) is 149 cm³/mol. The summed E-state index contributed by atoms with van der Waals surface area (Å²) < 4.78 is 20.3. The predicted octanol–water partition coefficient (Wildman–Crippen LogP) is 6.39. The monoisotopic (exact) mass is 515 g/mol. The van der Waals surface area contributed by atoms with Gasteiger partial charge in [-0.25, -0.2) is 9.18 Å². The van der Waals surface area contributed by atoms with Gasteiger partial charge in [-0.2, -0.15) is 0 Å². The van der Waals surface area contributed by atoms with Crippen LogP contribution in [0.3, 0.4) is 0 Å². The molecule has 0 aliphatic carbocycles. The number of β-amino-alcohol motifs (C(OH)–C–C–N with tert-alkyl or cyclic N) is 1. The van der Waals surface area contributed by atoms with Gasteiger partial charge in [0.1, 0.15) is 5.82 Å². The number of rotatable bonds is 11. The fourth-order valence-electron chi connectivity index (χ4n) is 4.69. The Bertz CT molecular complexity index is 1420. The summed E-state index contributed by atoms with van der Waals surface area (Å²) in [5.74, 6) is -2.09. The van der Waals surface area contributed by atoms with Gasteiger partial charge in [-0.1, -0.05) is 72.8 Å². The lowest BCUT2D eigenvalue weighted by atomic mass is 9.93. The smallest absolute Gasteiger partial charge is 0.338 e. The first kappa shape index (κ1) is 27.5. The van der Waals surface area contributed by atoms with E-state index in [0.717, 1.165) is 17.5 Å². The zero-order valence-corrected chi connectivity index (χ0v) is 21.9. The maximum atomic E-state index is 14.3. The first-order valence-corrected chi connectivity index (χ1v) is 12.8. The molecular weight excluding hydrogens is 481 g/mol. The van der Waals surface area contributed by atoms with Gasteiger partial charge < -0.3 is 20.3 Å². The fraction of sp³-hybridized carbons (Fsp3) is 0.281. The van der Waals surface area contributed by atoms with E-state index in [1.807, 2.05) is 43.3 Å². The fourth-order valence-corrected chi connectivity index (χ4v) is 4.69. The molecule has 0 aliphatic rings. The Labute approximate surface area is 222 Å². The zero-order valence-electron chi connectivity index (χ0n) is 21.9. The minimum atomic E-state index is -1.30. The number of aromatic carboxylic acids is 1. The third-order valence-corrected chi connectivity index (χ3v) is 6.72. The molecule has 4 rings (SSSR count). The maximum absolute atomic E-state index is 14.3. The van der Waals surface area contributed by atoms with Crippen molar-refractivity contribution >= 4 is 16.7 Å². The first-order chi connectivity index (χ1) is 18.1. The molecule has 2 atom stereocenters. The second kappa shape index (κ2) is 11.9. The molecule has 6 heteroatoms. The van der Waals surface area contributed by atoms with Crippen LogP contribution in [0.4, 0.5) is 4.39 Å². The van der Waals surface area contributed by atoms with E-state index in [1.165, 1.54) is 28.5 Å². The maximum Gasteiger partial charge on any atom is 0.338 e. The largest absolute Gasteiger partial charge is 0.478 e. The van der Waals surface area contributed by atoms with Gasteiger partial charge in [-0.05, 0) is 72.4 Å². The van der Waals surface area contributed by atoms with Gasteiger partial charge in [-0.3, -0.25) is 0 Å². The third-order valence-electron chi connectivity index (χ3n) is 6.72. The lowest BCUT2D eigenvalue weighted by Gasteiger charge is -2.28. The van der Waals surface area contributed by atoms with Crippen molar-refractivity contribution in [3.63, 3.8) is 0 Å². The molecular formula is C32H34FNO4. The molecule has 38 heavy (non-hydrogen) atoms. The van der Waals surface area contributed by atoms with Gasteiger partial charge in [0, 0.05) is 12.1 Å². The lowest BCUT2D eigenvalue weighted by molar-refractivity contribution is -0.00397. The van der Waals surface area contributed by atoms with Gasteiger partial charge in [0.05, 0.1) is 24.4 Å². The van der Waals surface area contributed by atoms with Crippen LogP contribution in [0.25, 0.3) is 21.9 Å². The van der Waals surface area contributed by atoms with E-state index < -0.39 is 17.9 Å². The summed E-state index contributed by atoms with van der Waals surface area (Å²) >= 11 is 0.